The molecule has 5 heteroatoms. The lowest BCUT2D eigenvalue weighted by atomic mass is 10.1. The number of carbonyl (C=O) groups excluding carboxylic acids is 3. The Bertz CT molecular complexity index is 695. The van der Waals surface area contributed by atoms with E-state index in [0.29, 0.717) is 23.8 Å². The Morgan fingerprint density at radius 2 is 1.75 bits per heavy atom. The van der Waals surface area contributed by atoms with Crippen molar-refractivity contribution >= 4 is 18.2 Å². The van der Waals surface area contributed by atoms with Crippen LogP contribution in [0.25, 0.3) is 0 Å². The summed E-state index contributed by atoms with van der Waals surface area (Å²) >= 11 is 0. The average Bonchev–Trinajstić information content (AvgIpc) is 2.62. The van der Waals surface area contributed by atoms with Gasteiger partial charge in [0.1, 0.15) is 12.3 Å². The van der Waals surface area contributed by atoms with E-state index in [0.717, 1.165) is 5.56 Å². The molecule has 2 rings (SSSR count). The molecule has 124 valence electrons. The first-order valence-electron chi connectivity index (χ1n) is 7.70. The summed E-state index contributed by atoms with van der Waals surface area (Å²) in [6.45, 7) is 1.96. The molecule has 0 saturated carbocycles. The van der Waals surface area contributed by atoms with Crippen LogP contribution in [0.1, 0.15) is 33.2 Å². The Labute approximate surface area is 140 Å². The highest BCUT2D eigenvalue weighted by Crippen LogP contribution is 2.07. The van der Waals surface area contributed by atoms with Gasteiger partial charge in [-0.3, -0.25) is 9.59 Å². The van der Waals surface area contributed by atoms with Gasteiger partial charge in [0.25, 0.3) is 5.91 Å². The van der Waals surface area contributed by atoms with Gasteiger partial charge in [-0.05, 0) is 24.6 Å². The molecule has 1 amide bonds. The van der Waals surface area contributed by atoms with Crippen LogP contribution >= 0.6 is 0 Å². The number of hydrogen-bond acceptors (Lipinski definition) is 4. The van der Waals surface area contributed by atoms with Gasteiger partial charge in [0.15, 0.2) is 0 Å². The van der Waals surface area contributed by atoms with Crippen molar-refractivity contribution in [3.63, 3.8) is 0 Å². The number of benzene rings is 2. The van der Waals surface area contributed by atoms with Gasteiger partial charge in [-0.2, -0.15) is 0 Å². The van der Waals surface area contributed by atoms with Crippen LogP contribution in [-0.2, 0) is 16.0 Å². The van der Waals surface area contributed by atoms with Crippen molar-refractivity contribution in [3.05, 3.63) is 71.3 Å². The Kier molecular flexibility index (Phi) is 6.25. The van der Waals surface area contributed by atoms with E-state index >= 15 is 0 Å². The monoisotopic (exact) mass is 325 g/mol. The maximum absolute atomic E-state index is 12.3. The van der Waals surface area contributed by atoms with E-state index in [1.165, 1.54) is 0 Å². The standard InChI is InChI=1S/C19H19NO4/c1-2-24-19(23)17(12-14-6-4-3-5-7-14)20-18(22)16-10-8-15(13-21)9-11-16/h3-11,13,17H,2,12H2,1H3,(H,20,22)/t17-/m0/s1. The third-order valence-corrected chi connectivity index (χ3v) is 3.47. The van der Waals surface area contributed by atoms with Crippen LogP contribution in [0.15, 0.2) is 54.6 Å². The zero-order chi connectivity index (χ0) is 17.4. The summed E-state index contributed by atoms with van der Waals surface area (Å²) in [7, 11) is 0. The van der Waals surface area contributed by atoms with E-state index in [1.807, 2.05) is 30.3 Å². The van der Waals surface area contributed by atoms with Crippen molar-refractivity contribution < 1.29 is 19.1 Å². The van der Waals surface area contributed by atoms with Crippen molar-refractivity contribution in [3.8, 4) is 0 Å². The van der Waals surface area contributed by atoms with E-state index in [4.69, 9.17) is 4.74 Å². The second kappa shape index (κ2) is 8.62. The third-order valence-electron chi connectivity index (χ3n) is 3.47. The Balaban J connectivity index is 2.12. The van der Waals surface area contributed by atoms with Gasteiger partial charge in [0, 0.05) is 17.5 Å². The Hall–Kier alpha value is -2.95. The predicted molar refractivity (Wildman–Crippen MR) is 89.9 cm³/mol. The number of ether oxygens (including phenoxy) is 1. The molecule has 0 aliphatic carbocycles. The predicted octanol–water partition coefficient (Wildman–Crippen LogP) is 2.40. The van der Waals surface area contributed by atoms with E-state index in [2.05, 4.69) is 5.32 Å². The fourth-order valence-electron chi connectivity index (χ4n) is 2.24. The molecule has 0 spiro atoms. The minimum atomic E-state index is -0.773. The van der Waals surface area contributed by atoms with Gasteiger partial charge in [0.05, 0.1) is 6.61 Å². The molecule has 0 aromatic heterocycles. The molecular formula is C19H19NO4. The lowest BCUT2D eigenvalue weighted by Crippen LogP contribution is -2.43. The number of hydrogen-bond donors (Lipinski definition) is 1. The average molecular weight is 325 g/mol. The fourth-order valence-corrected chi connectivity index (χ4v) is 2.24. The molecule has 5 nitrogen and oxygen atoms in total. The maximum Gasteiger partial charge on any atom is 0.328 e. The third kappa shape index (κ3) is 4.78. The minimum Gasteiger partial charge on any atom is -0.464 e. The summed E-state index contributed by atoms with van der Waals surface area (Å²) in [6.07, 6.45) is 1.05. The van der Waals surface area contributed by atoms with Gasteiger partial charge in [-0.15, -0.1) is 0 Å². The molecule has 0 bridgehead atoms. The summed E-state index contributed by atoms with van der Waals surface area (Å²) in [6, 6.07) is 14.8. The summed E-state index contributed by atoms with van der Waals surface area (Å²) in [5, 5.41) is 2.70. The Morgan fingerprint density at radius 3 is 2.33 bits per heavy atom. The molecule has 0 saturated heterocycles. The number of carbonyl (C=O) groups is 3. The van der Waals surface area contributed by atoms with Gasteiger partial charge in [-0.25, -0.2) is 4.79 Å². The van der Waals surface area contributed by atoms with E-state index < -0.39 is 12.0 Å². The van der Waals surface area contributed by atoms with Gasteiger partial charge >= 0.3 is 5.97 Å². The zero-order valence-corrected chi connectivity index (χ0v) is 13.4. The van der Waals surface area contributed by atoms with E-state index in [9.17, 15) is 14.4 Å². The van der Waals surface area contributed by atoms with Crippen molar-refractivity contribution in [2.24, 2.45) is 0 Å². The largest absolute Gasteiger partial charge is 0.464 e. The molecule has 0 aliphatic rings. The van der Waals surface area contributed by atoms with Crippen LogP contribution in [0.2, 0.25) is 0 Å². The highest BCUT2D eigenvalue weighted by molar-refractivity contribution is 5.97. The van der Waals surface area contributed by atoms with Crippen molar-refractivity contribution in [1.82, 2.24) is 5.32 Å². The van der Waals surface area contributed by atoms with Crippen LogP contribution < -0.4 is 5.32 Å². The van der Waals surface area contributed by atoms with Gasteiger partial charge < -0.3 is 10.1 Å². The molecule has 1 atom stereocenters. The first-order chi connectivity index (χ1) is 11.6. The topological polar surface area (TPSA) is 72.5 Å². The molecular weight excluding hydrogens is 306 g/mol. The molecule has 0 fully saturated rings. The summed E-state index contributed by atoms with van der Waals surface area (Å²) in [5.41, 5.74) is 1.79. The maximum atomic E-state index is 12.3. The lowest BCUT2D eigenvalue weighted by molar-refractivity contribution is -0.145. The number of amides is 1. The van der Waals surface area contributed by atoms with Crippen molar-refractivity contribution in [2.75, 3.05) is 6.61 Å². The quantitative estimate of drug-likeness (QED) is 0.627. The van der Waals surface area contributed by atoms with Gasteiger partial charge in [0.2, 0.25) is 0 Å². The highest BCUT2D eigenvalue weighted by Gasteiger charge is 2.23. The molecule has 24 heavy (non-hydrogen) atoms. The fraction of sp³-hybridized carbons (Fsp3) is 0.211. The number of aldehydes is 1. The number of rotatable bonds is 7. The van der Waals surface area contributed by atoms with Gasteiger partial charge in [-0.1, -0.05) is 42.5 Å². The zero-order valence-electron chi connectivity index (χ0n) is 13.4. The molecule has 0 aliphatic heterocycles. The molecule has 2 aromatic rings. The molecule has 0 heterocycles. The molecule has 0 radical (unpaired) electrons. The molecule has 0 unspecified atom stereocenters. The van der Waals surface area contributed by atoms with Crippen LogP contribution in [0.4, 0.5) is 0 Å². The molecule has 2 aromatic carbocycles. The smallest absolute Gasteiger partial charge is 0.328 e. The van der Waals surface area contributed by atoms with Crippen LogP contribution in [0.5, 0.6) is 0 Å². The van der Waals surface area contributed by atoms with Crippen molar-refractivity contribution in [2.45, 2.75) is 19.4 Å². The second-order valence-electron chi connectivity index (χ2n) is 5.21. The van der Waals surface area contributed by atoms with Crippen LogP contribution in [-0.4, -0.2) is 30.8 Å². The minimum absolute atomic E-state index is 0.244. The molecule has 1 N–H and O–H groups in total. The Morgan fingerprint density at radius 1 is 1.08 bits per heavy atom. The summed E-state index contributed by atoms with van der Waals surface area (Å²) in [5.74, 6) is -0.861. The van der Waals surface area contributed by atoms with Crippen LogP contribution in [0.3, 0.4) is 0 Å². The van der Waals surface area contributed by atoms with Crippen molar-refractivity contribution in [1.29, 1.82) is 0 Å². The first kappa shape index (κ1) is 17.4. The second-order valence-corrected chi connectivity index (χ2v) is 5.21. The normalized spacial score (nSPS) is 11.4. The summed E-state index contributed by atoms with van der Waals surface area (Å²) in [4.78, 5) is 35.1. The van der Waals surface area contributed by atoms with E-state index in [1.54, 1.807) is 31.2 Å². The van der Waals surface area contributed by atoms with Crippen LogP contribution in [0, 0.1) is 0 Å². The first-order valence-corrected chi connectivity index (χ1v) is 7.70. The number of esters is 1. The van der Waals surface area contributed by atoms with E-state index in [-0.39, 0.29) is 12.5 Å². The highest BCUT2D eigenvalue weighted by atomic mass is 16.5. The number of nitrogens with one attached hydrogen (secondary N) is 1. The summed E-state index contributed by atoms with van der Waals surface area (Å²) < 4.78 is 5.05. The SMILES string of the molecule is CCOC(=O)[C@H](Cc1ccccc1)NC(=O)c1ccc(C=O)cc1. The lowest BCUT2D eigenvalue weighted by Gasteiger charge is -2.17.